The first-order valence-corrected chi connectivity index (χ1v) is 11.3. The molecule has 0 radical (unpaired) electrons. The molecule has 0 saturated carbocycles. The van der Waals surface area contributed by atoms with Crippen molar-refractivity contribution in [1.29, 1.82) is 0 Å². The standard InChI is InChI=1S/C19H25N5O4S/c1-3-15-18(21-11-13-7-5-9-28-13)24-19(16(23-15)17(20)25)22-12-6-4-8-14(10-12)29(2,26)27/h4,6,8,10,13H,3,5,7,9,11H2,1-2H3,(H2,20,25)(H2,21,22,24)/t13-/m0/s1. The summed E-state index contributed by atoms with van der Waals surface area (Å²) < 4.78 is 29.2. The van der Waals surface area contributed by atoms with Crippen molar-refractivity contribution >= 4 is 33.1 Å². The van der Waals surface area contributed by atoms with Crippen molar-refractivity contribution in [3.8, 4) is 0 Å². The molecule has 1 saturated heterocycles. The van der Waals surface area contributed by atoms with Gasteiger partial charge in [0.05, 0.1) is 16.7 Å². The average molecular weight is 420 g/mol. The molecule has 2 aromatic rings. The van der Waals surface area contributed by atoms with E-state index in [1.807, 2.05) is 6.92 Å². The first kappa shape index (κ1) is 21.0. The molecule has 1 aromatic carbocycles. The van der Waals surface area contributed by atoms with Crippen LogP contribution in [0.1, 0.15) is 35.9 Å². The number of aryl methyl sites for hydroxylation is 1. The van der Waals surface area contributed by atoms with Gasteiger partial charge in [0.2, 0.25) is 0 Å². The molecule has 1 amide bonds. The monoisotopic (exact) mass is 419 g/mol. The van der Waals surface area contributed by atoms with Gasteiger partial charge in [0.15, 0.2) is 21.3 Å². The zero-order valence-corrected chi connectivity index (χ0v) is 17.3. The number of aromatic nitrogens is 2. The van der Waals surface area contributed by atoms with Gasteiger partial charge in [0.25, 0.3) is 5.91 Å². The molecule has 2 heterocycles. The summed E-state index contributed by atoms with van der Waals surface area (Å²) >= 11 is 0. The fraction of sp³-hybridized carbons (Fsp3) is 0.421. The van der Waals surface area contributed by atoms with E-state index < -0.39 is 15.7 Å². The second kappa shape index (κ2) is 8.75. The van der Waals surface area contributed by atoms with E-state index in [-0.39, 0.29) is 22.5 Å². The lowest BCUT2D eigenvalue weighted by atomic mass is 10.2. The lowest BCUT2D eigenvalue weighted by Gasteiger charge is -2.17. The molecule has 3 rings (SSSR count). The Morgan fingerprint density at radius 1 is 1.31 bits per heavy atom. The molecule has 1 aliphatic heterocycles. The highest BCUT2D eigenvalue weighted by molar-refractivity contribution is 7.90. The van der Waals surface area contributed by atoms with Gasteiger partial charge in [-0.2, -0.15) is 0 Å². The summed E-state index contributed by atoms with van der Waals surface area (Å²) in [6.45, 7) is 3.25. The lowest BCUT2D eigenvalue weighted by molar-refractivity contribution is 0.0996. The number of hydrogen-bond donors (Lipinski definition) is 3. The topological polar surface area (TPSA) is 136 Å². The van der Waals surface area contributed by atoms with Gasteiger partial charge < -0.3 is 21.1 Å². The molecule has 1 fully saturated rings. The Kier molecular flexibility index (Phi) is 6.33. The summed E-state index contributed by atoms with van der Waals surface area (Å²) in [7, 11) is -3.37. The SMILES string of the molecule is CCc1nc(C(N)=O)c(Nc2cccc(S(C)(=O)=O)c2)nc1NC[C@@H]1CCCO1. The highest BCUT2D eigenvalue weighted by Gasteiger charge is 2.20. The zero-order valence-electron chi connectivity index (χ0n) is 16.4. The van der Waals surface area contributed by atoms with Crippen molar-refractivity contribution in [3.05, 3.63) is 35.7 Å². The summed E-state index contributed by atoms with van der Waals surface area (Å²) in [5, 5.41) is 6.22. The minimum atomic E-state index is -3.37. The van der Waals surface area contributed by atoms with Crippen molar-refractivity contribution in [3.63, 3.8) is 0 Å². The van der Waals surface area contributed by atoms with Crippen LogP contribution in [0.3, 0.4) is 0 Å². The Bertz CT molecular complexity index is 1000. The molecule has 0 aliphatic carbocycles. The van der Waals surface area contributed by atoms with Gasteiger partial charge in [-0.05, 0) is 37.5 Å². The first-order valence-electron chi connectivity index (χ1n) is 9.41. The minimum absolute atomic E-state index is 0.00530. The summed E-state index contributed by atoms with van der Waals surface area (Å²) in [6.07, 6.45) is 3.81. The number of nitrogens with one attached hydrogen (secondary N) is 2. The number of sulfone groups is 1. The van der Waals surface area contributed by atoms with Crippen molar-refractivity contribution in [2.75, 3.05) is 30.0 Å². The number of benzene rings is 1. The predicted octanol–water partition coefficient (Wildman–Crippen LogP) is 1.88. The zero-order chi connectivity index (χ0) is 21.0. The van der Waals surface area contributed by atoms with Crippen LogP contribution in [0.25, 0.3) is 0 Å². The first-order chi connectivity index (χ1) is 13.8. The van der Waals surface area contributed by atoms with E-state index in [9.17, 15) is 13.2 Å². The maximum atomic E-state index is 11.9. The Morgan fingerprint density at radius 3 is 2.72 bits per heavy atom. The molecule has 1 atom stereocenters. The molecule has 0 unspecified atom stereocenters. The van der Waals surface area contributed by atoms with E-state index in [1.54, 1.807) is 12.1 Å². The van der Waals surface area contributed by atoms with E-state index in [4.69, 9.17) is 10.5 Å². The van der Waals surface area contributed by atoms with Gasteiger partial charge in [-0.3, -0.25) is 4.79 Å². The van der Waals surface area contributed by atoms with Gasteiger partial charge in [-0.1, -0.05) is 13.0 Å². The molecule has 1 aliphatic rings. The van der Waals surface area contributed by atoms with Gasteiger partial charge in [0.1, 0.15) is 5.82 Å². The molecular formula is C19H25N5O4S. The largest absolute Gasteiger partial charge is 0.376 e. The van der Waals surface area contributed by atoms with Crippen LogP contribution in [0.2, 0.25) is 0 Å². The maximum absolute atomic E-state index is 11.9. The molecule has 4 N–H and O–H groups in total. The van der Waals surface area contributed by atoms with E-state index in [2.05, 4.69) is 20.6 Å². The third kappa shape index (κ3) is 5.21. The van der Waals surface area contributed by atoms with Crippen molar-refractivity contribution in [2.24, 2.45) is 5.73 Å². The van der Waals surface area contributed by atoms with Crippen LogP contribution in [0.15, 0.2) is 29.2 Å². The van der Waals surface area contributed by atoms with Crippen molar-refractivity contribution < 1.29 is 17.9 Å². The summed E-state index contributed by atoms with van der Waals surface area (Å²) in [5.74, 6) is -0.0235. The van der Waals surface area contributed by atoms with Crippen molar-refractivity contribution in [2.45, 2.75) is 37.2 Å². The van der Waals surface area contributed by atoms with E-state index in [1.165, 1.54) is 12.1 Å². The van der Waals surface area contributed by atoms with E-state index in [0.717, 1.165) is 25.7 Å². The number of hydrogen-bond acceptors (Lipinski definition) is 8. The third-order valence-corrected chi connectivity index (χ3v) is 5.69. The van der Waals surface area contributed by atoms with Crippen LogP contribution >= 0.6 is 0 Å². The number of primary amides is 1. The fourth-order valence-electron chi connectivity index (χ4n) is 3.07. The number of carbonyl (C=O) groups excluding carboxylic acids is 1. The Balaban J connectivity index is 1.93. The highest BCUT2D eigenvalue weighted by Crippen LogP contribution is 2.24. The average Bonchev–Trinajstić information content (AvgIpc) is 3.19. The van der Waals surface area contributed by atoms with Gasteiger partial charge in [-0.25, -0.2) is 18.4 Å². The molecule has 156 valence electrons. The van der Waals surface area contributed by atoms with E-state index >= 15 is 0 Å². The number of nitrogens with two attached hydrogens (primary N) is 1. The van der Waals surface area contributed by atoms with Gasteiger partial charge >= 0.3 is 0 Å². The fourth-order valence-corrected chi connectivity index (χ4v) is 3.74. The van der Waals surface area contributed by atoms with Crippen LogP contribution in [-0.4, -0.2) is 49.8 Å². The smallest absolute Gasteiger partial charge is 0.271 e. The number of amides is 1. The summed E-state index contributed by atoms with van der Waals surface area (Å²) in [6, 6.07) is 6.24. The van der Waals surface area contributed by atoms with Crippen LogP contribution < -0.4 is 16.4 Å². The van der Waals surface area contributed by atoms with Gasteiger partial charge in [-0.15, -0.1) is 0 Å². The van der Waals surface area contributed by atoms with Crippen molar-refractivity contribution in [1.82, 2.24) is 9.97 Å². The molecule has 9 nitrogen and oxygen atoms in total. The summed E-state index contributed by atoms with van der Waals surface area (Å²) in [5.41, 5.74) is 6.57. The predicted molar refractivity (Wildman–Crippen MR) is 110 cm³/mol. The second-order valence-corrected chi connectivity index (χ2v) is 8.89. The third-order valence-electron chi connectivity index (χ3n) is 4.58. The quantitative estimate of drug-likeness (QED) is 0.590. The second-order valence-electron chi connectivity index (χ2n) is 6.87. The molecular weight excluding hydrogens is 394 g/mol. The highest BCUT2D eigenvalue weighted by atomic mass is 32.2. The van der Waals surface area contributed by atoms with Crippen LogP contribution in [0, 0.1) is 0 Å². The minimum Gasteiger partial charge on any atom is -0.376 e. The molecule has 29 heavy (non-hydrogen) atoms. The Hall–Kier alpha value is -2.72. The normalized spacial score (nSPS) is 16.6. The van der Waals surface area contributed by atoms with Crippen LogP contribution in [-0.2, 0) is 21.0 Å². The molecule has 10 heteroatoms. The summed E-state index contributed by atoms with van der Waals surface area (Å²) in [4.78, 5) is 21.0. The maximum Gasteiger partial charge on any atom is 0.271 e. The number of nitrogens with zero attached hydrogens (tertiary/aromatic N) is 2. The molecule has 0 bridgehead atoms. The Morgan fingerprint density at radius 2 is 2.10 bits per heavy atom. The lowest BCUT2D eigenvalue weighted by Crippen LogP contribution is -2.23. The number of rotatable bonds is 8. The number of ether oxygens (including phenoxy) is 1. The van der Waals surface area contributed by atoms with Crippen LogP contribution in [0.5, 0.6) is 0 Å². The van der Waals surface area contributed by atoms with Crippen LogP contribution in [0.4, 0.5) is 17.3 Å². The number of carbonyl (C=O) groups is 1. The molecule has 1 aromatic heterocycles. The Labute approximate surface area is 170 Å². The molecule has 0 spiro atoms. The van der Waals surface area contributed by atoms with Gasteiger partial charge in [0, 0.05) is 25.1 Å². The number of anilines is 3. The van der Waals surface area contributed by atoms with E-state index in [0.29, 0.717) is 30.2 Å².